The maximum Gasteiger partial charge on any atom is 0.165 e. The summed E-state index contributed by atoms with van der Waals surface area (Å²) < 4.78 is 0. The molecular formula is C13H18O. The van der Waals surface area contributed by atoms with Gasteiger partial charge in [0.1, 0.15) is 0 Å². The molecule has 14 heavy (non-hydrogen) atoms. The molecule has 0 radical (unpaired) electrons. The molecule has 0 aliphatic rings. The van der Waals surface area contributed by atoms with Crippen LogP contribution in [0.5, 0.6) is 0 Å². The molecule has 0 heterocycles. The third-order valence-corrected chi connectivity index (χ3v) is 2.33. The van der Waals surface area contributed by atoms with Crippen molar-refractivity contribution in [3.05, 3.63) is 35.9 Å². The number of carbonyl (C=O) groups is 1. The molecule has 0 spiro atoms. The number of hydrogen-bond acceptors (Lipinski definition) is 1. The second-order valence-corrected chi connectivity index (χ2v) is 4.26. The molecule has 0 N–H and O–H groups in total. The molecule has 0 saturated carbocycles. The van der Waals surface area contributed by atoms with Crippen molar-refractivity contribution < 1.29 is 4.79 Å². The van der Waals surface area contributed by atoms with Crippen molar-refractivity contribution in [2.75, 3.05) is 0 Å². The highest BCUT2D eigenvalue weighted by molar-refractivity contribution is 5.97. The summed E-state index contributed by atoms with van der Waals surface area (Å²) in [5.74, 6) is 0.981. The van der Waals surface area contributed by atoms with Gasteiger partial charge in [-0.2, -0.15) is 0 Å². The number of rotatable bonds is 4. The van der Waals surface area contributed by atoms with E-state index in [9.17, 15) is 4.79 Å². The summed E-state index contributed by atoms with van der Waals surface area (Å²) in [6.07, 6.45) is 0.966. The molecular weight excluding hydrogens is 172 g/mol. The molecule has 1 atom stereocenters. The van der Waals surface area contributed by atoms with E-state index in [1.807, 2.05) is 37.3 Å². The summed E-state index contributed by atoms with van der Waals surface area (Å²) in [6, 6.07) is 9.53. The largest absolute Gasteiger partial charge is 0.294 e. The van der Waals surface area contributed by atoms with Gasteiger partial charge in [-0.3, -0.25) is 4.79 Å². The summed E-state index contributed by atoms with van der Waals surface area (Å²) >= 11 is 0. The molecule has 0 bridgehead atoms. The molecule has 0 saturated heterocycles. The van der Waals surface area contributed by atoms with E-state index >= 15 is 0 Å². The molecule has 0 amide bonds. The zero-order valence-corrected chi connectivity index (χ0v) is 9.16. The van der Waals surface area contributed by atoms with Crippen LogP contribution in [-0.4, -0.2) is 5.78 Å². The lowest BCUT2D eigenvalue weighted by Crippen LogP contribution is -2.13. The minimum atomic E-state index is 0.136. The van der Waals surface area contributed by atoms with Crippen LogP contribution in [0.3, 0.4) is 0 Å². The second-order valence-electron chi connectivity index (χ2n) is 4.26. The van der Waals surface area contributed by atoms with Crippen molar-refractivity contribution in [2.45, 2.75) is 27.2 Å². The van der Waals surface area contributed by atoms with Gasteiger partial charge in [-0.1, -0.05) is 51.1 Å². The standard InChI is InChI=1S/C13H18O/c1-10(2)9-11(3)13(14)12-7-5-4-6-8-12/h4-8,10-11H,9H2,1-3H3. The zero-order valence-electron chi connectivity index (χ0n) is 9.16. The van der Waals surface area contributed by atoms with Crippen LogP contribution in [0, 0.1) is 11.8 Å². The van der Waals surface area contributed by atoms with Crippen molar-refractivity contribution >= 4 is 5.78 Å². The minimum Gasteiger partial charge on any atom is -0.294 e. The molecule has 1 rings (SSSR count). The molecule has 0 aliphatic carbocycles. The van der Waals surface area contributed by atoms with Gasteiger partial charge in [-0.25, -0.2) is 0 Å². The predicted molar refractivity (Wildman–Crippen MR) is 59.4 cm³/mol. The Balaban J connectivity index is 2.66. The SMILES string of the molecule is CC(C)CC(C)C(=O)c1ccccc1. The average molecular weight is 190 g/mol. The summed E-state index contributed by atoms with van der Waals surface area (Å²) in [5, 5.41) is 0. The highest BCUT2D eigenvalue weighted by Gasteiger charge is 2.15. The van der Waals surface area contributed by atoms with Crippen LogP contribution in [0.25, 0.3) is 0 Å². The van der Waals surface area contributed by atoms with Crippen molar-refractivity contribution in [1.82, 2.24) is 0 Å². The Labute approximate surface area is 86.1 Å². The highest BCUT2D eigenvalue weighted by Crippen LogP contribution is 2.16. The highest BCUT2D eigenvalue weighted by atomic mass is 16.1. The lowest BCUT2D eigenvalue weighted by molar-refractivity contribution is 0.0915. The Bertz CT molecular complexity index is 287. The van der Waals surface area contributed by atoms with E-state index in [2.05, 4.69) is 13.8 Å². The Morgan fingerprint density at radius 1 is 1.14 bits per heavy atom. The van der Waals surface area contributed by atoms with Crippen LogP contribution < -0.4 is 0 Å². The van der Waals surface area contributed by atoms with Crippen molar-refractivity contribution in [3.63, 3.8) is 0 Å². The normalized spacial score (nSPS) is 12.9. The Hall–Kier alpha value is -1.11. The molecule has 1 aromatic carbocycles. The number of Topliss-reactive ketones (excluding diaryl/α,β-unsaturated/α-hetero) is 1. The van der Waals surface area contributed by atoms with E-state index in [0.717, 1.165) is 12.0 Å². The van der Waals surface area contributed by atoms with Crippen LogP contribution in [0.4, 0.5) is 0 Å². The Morgan fingerprint density at radius 2 is 1.71 bits per heavy atom. The van der Waals surface area contributed by atoms with Gasteiger partial charge in [0.05, 0.1) is 0 Å². The quantitative estimate of drug-likeness (QED) is 0.663. The van der Waals surface area contributed by atoms with Gasteiger partial charge in [0.15, 0.2) is 5.78 Å². The van der Waals surface area contributed by atoms with Gasteiger partial charge in [0.25, 0.3) is 0 Å². The van der Waals surface area contributed by atoms with E-state index in [1.165, 1.54) is 0 Å². The van der Waals surface area contributed by atoms with Gasteiger partial charge < -0.3 is 0 Å². The molecule has 1 unspecified atom stereocenters. The first kappa shape index (κ1) is 11.0. The third-order valence-electron chi connectivity index (χ3n) is 2.33. The van der Waals surface area contributed by atoms with E-state index in [-0.39, 0.29) is 11.7 Å². The molecule has 1 heteroatoms. The average Bonchev–Trinajstić information content (AvgIpc) is 2.17. The van der Waals surface area contributed by atoms with Crippen LogP contribution in [0.2, 0.25) is 0 Å². The molecule has 0 aliphatic heterocycles. The van der Waals surface area contributed by atoms with E-state index in [4.69, 9.17) is 0 Å². The zero-order chi connectivity index (χ0) is 10.6. The van der Waals surface area contributed by atoms with E-state index in [0.29, 0.717) is 5.92 Å². The van der Waals surface area contributed by atoms with Crippen LogP contribution >= 0.6 is 0 Å². The first-order valence-electron chi connectivity index (χ1n) is 5.20. The van der Waals surface area contributed by atoms with Gasteiger partial charge in [0.2, 0.25) is 0 Å². The number of benzene rings is 1. The number of ketones is 1. The van der Waals surface area contributed by atoms with Gasteiger partial charge in [-0.15, -0.1) is 0 Å². The molecule has 0 fully saturated rings. The molecule has 1 aromatic rings. The Kier molecular flexibility index (Phi) is 3.87. The summed E-state index contributed by atoms with van der Waals surface area (Å²) in [7, 11) is 0. The number of carbonyl (C=O) groups excluding carboxylic acids is 1. The lowest BCUT2D eigenvalue weighted by Gasteiger charge is -2.12. The molecule has 0 aromatic heterocycles. The Morgan fingerprint density at radius 3 is 2.21 bits per heavy atom. The first-order valence-corrected chi connectivity index (χ1v) is 5.20. The fourth-order valence-corrected chi connectivity index (χ4v) is 1.70. The van der Waals surface area contributed by atoms with Crippen LogP contribution in [-0.2, 0) is 0 Å². The summed E-state index contributed by atoms with van der Waals surface area (Å²) in [4.78, 5) is 11.9. The second kappa shape index (κ2) is 4.94. The summed E-state index contributed by atoms with van der Waals surface area (Å²) in [5.41, 5.74) is 0.834. The topological polar surface area (TPSA) is 17.1 Å². The summed E-state index contributed by atoms with van der Waals surface area (Å²) in [6.45, 7) is 6.30. The first-order chi connectivity index (χ1) is 6.61. The van der Waals surface area contributed by atoms with E-state index < -0.39 is 0 Å². The third kappa shape index (κ3) is 2.99. The monoisotopic (exact) mass is 190 g/mol. The van der Waals surface area contributed by atoms with Crippen LogP contribution in [0.15, 0.2) is 30.3 Å². The maximum atomic E-state index is 11.9. The van der Waals surface area contributed by atoms with E-state index in [1.54, 1.807) is 0 Å². The van der Waals surface area contributed by atoms with Crippen molar-refractivity contribution in [1.29, 1.82) is 0 Å². The van der Waals surface area contributed by atoms with Gasteiger partial charge in [-0.05, 0) is 12.3 Å². The van der Waals surface area contributed by atoms with Crippen molar-refractivity contribution in [3.8, 4) is 0 Å². The fraction of sp³-hybridized carbons (Fsp3) is 0.462. The lowest BCUT2D eigenvalue weighted by atomic mass is 9.91. The smallest absolute Gasteiger partial charge is 0.165 e. The molecule has 1 nitrogen and oxygen atoms in total. The maximum absolute atomic E-state index is 11.9. The van der Waals surface area contributed by atoms with Crippen LogP contribution in [0.1, 0.15) is 37.6 Å². The molecule has 76 valence electrons. The number of hydrogen-bond donors (Lipinski definition) is 0. The fourth-order valence-electron chi connectivity index (χ4n) is 1.70. The van der Waals surface area contributed by atoms with Crippen molar-refractivity contribution in [2.24, 2.45) is 11.8 Å². The predicted octanol–water partition coefficient (Wildman–Crippen LogP) is 3.55. The van der Waals surface area contributed by atoms with Gasteiger partial charge >= 0.3 is 0 Å². The minimum absolute atomic E-state index is 0.136. The van der Waals surface area contributed by atoms with Gasteiger partial charge in [0, 0.05) is 11.5 Å².